The zero-order chi connectivity index (χ0) is 15.4. The predicted octanol–water partition coefficient (Wildman–Crippen LogP) is 3.97. The highest BCUT2D eigenvalue weighted by molar-refractivity contribution is 9.10. The SMILES string of the molecule is COc1ccc(CN(C)CC(=O)c2sccc2Br)cc1F. The van der Waals surface area contributed by atoms with Crippen molar-refractivity contribution in [1.82, 2.24) is 4.90 Å². The van der Waals surface area contributed by atoms with Crippen LogP contribution >= 0.6 is 27.3 Å². The van der Waals surface area contributed by atoms with Gasteiger partial charge < -0.3 is 4.74 Å². The van der Waals surface area contributed by atoms with Crippen LogP contribution in [0.5, 0.6) is 5.75 Å². The van der Waals surface area contributed by atoms with E-state index < -0.39 is 5.82 Å². The molecule has 112 valence electrons. The Morgan fingerprint density at radius 2 is 2.19 bits per heavy atom. The molecule has 0 amide bonds. The molecule has 3 nitrogen and oxygen atoms in total. The molecule has 0 radical (unpaired) electrons. The van der Waals surface area contributed by atoms with E-state index in [1.54, 1.807) is 12.1 Å². The van der Waals surface area contributed by atoms with Gasteiger partial charge in [-0.25, -0.2) is 4.39 Å². The molecule has 0 unspecified atom stereocenters. The number of hydrogen-bond donors (Lipinski definition) is 0. The molecule has 0 bridgehead atoms. The van der Waals surface area contributed by atoms with E-state index in [9.17, 15) is 9.18 Å². The Hall–Kier alpha value is -1.24. The molecule has 0 aliphatic heterocycles. The number of likely N-dealkylation sites (N-methyl/N-ethyl adjacent to an activating group) is 1. The van der Waals surface area contributed by atoms with Gasteiger partial charge in [-0.3, -0.25) is 9.69 Å². The number of methoxy groups -OCH3 is 1. The zero-order valence-electron chi connectivity index (χ0n) is 11.7. The fraction of sp³-hybridized carbons (Fsp3) is 0.267. The first-order chi connectivity index (χ1) is 10.0. The first kappa shape index (κ1) is 16.1. The van der Waals surface area contributed by atoms with Gasteiger partial charge in [0.1, 0.15) is 0 Å². The lowest BCUT2D eigenvalue weighted by atomic mass is 10.2. The lowest BCUT2D eigenvalue weighted by molar-refractivity contribution is 0.0946. The molecule has 2 rings (SSSR count). The number of carbonyl (C=O) groups excluding carboxylic acids is 1. The summed E-state index contributed by atoms with van der Waals surface area (Å²) in [7, 11) is 3.27. The smallest absolute Gasteiger partial charge is 0.187 e. The second-order valence-electron chi connectivity index (χ2n) is 4.66. The summed E-state index contributed by atoms with van der Waals surface area (Å²) in [5, 5.41) is 1.87. The van der Waals surface area contributed by atoms with Crippen LogP contribution in [-0.2, 0) is 6.54 Å². The largest absolute Gasteiger partial charge is 0.494 e. The van der Waals surface area contributed by atoms with Crippen molar-refractivity contribution in [3.63, 3.8) is 0 Å². The Bertz CT molecular complexity index is 644. The molecule has 1 heterocycles. The van der Waals surface area contributed by atoms with Gasteiger partial charge >= 0.3 is 0 Å². The van der Waals surface area contributed by atoms with Crippen molar-refractivity contribution in [3.05, 3.63) is 50.4 Å². The minimum absolute atomic E-state index is 0.0494. The third-order valence-corrected chi connectivity index (χ3v) is 4.83. The Kier molecular flexibility index (Phi) is 5.50. The number of ketones is 1. The second-order valence-corrected chi connectivity index (χ2v) is 6.43. The number of carbonyl (C=O) groups is 1. The van der Waals surface area contributed by atoms with Crippen LogP contribution in [0.25, 0.3) is 0 Å². The fourth-order valence-electron chi connectivity index (χ4n) is 1.99. The van der Waals surface area contributed by atoms with Crippen LogP contribution in [0.2, 0.25) is 0 Å². The van der Waals surface area contributed by atoms with E-state index in [0.29, 0.717) is 11.4 Å². The summed E-state index contributed by atoms with van der Waals surface area (Å²) in [5.74, 6) is -0.121. The molecule has 21 heavy (non-hydrogen) atoms. The van der Waals surface area contributed by atoms with Crippen LogP contribution in [-0.4, -0.2) is 31.4 Å². The van der Waals surface area contributed by atoms with E-state index >= 15 is 0 Å². The van der Waals surface area contributed by atoms with E-state index in [1.165, 1.54) is 24.5 Å². The first-order valence-corrected chi connectivity index (χ1v) is 7.95. The molecule has 0 fully saturated rings. The maximum atomic E-state index is 13.6. The number of hydrogen-bond acceptors (Lipinski definition) is 4. The maximum Gasteiger partial charge on any atom is 0.187 e. The average Bonchev–Trinajstić information content (AvgIpc) is 2.85. The molecule has 0 saturated heterocycles. The highest BCUT2D eigenvalue weighted by Crippen LogP contribution is 2.23. The van der Waals surface area contributed by atoms with E-state index in [4.69, 9.17) is 4.74 Å². The van der Waals surface area contributed by atoms with Crippen molar-refractivity contribution >= 4 is 33.0 Å². The molecular formula is C15H15BrFNO2S. The number of nitrogens with zero attached hydrogens (tertiary/aromatic N) is 1. The molecule has 0 N–H and O–H groups in total. The number of halogens is 2. The minimum atomic E-state index is -0.393. The van der Waals surface area contributed by atoms with Crippen LogP contribution in [0.4, 0.5) is 4.39 Å². The summed E-state index contributed by atoms with van der Waals surface area (Å²) < 4.78 is 19.3. The van der Waals surface area contributed by atoms with Gasteiger partial charge in [0.2, 0.25) is 0 Å². The number of benzene rings is 1. The highest BCUT2D eigenvalue weighted by Gasteiger charge is 2.14. The van der Waals surface area contributed by atoms with E-state index in [0.717, 1.165) is 10.0 Å². The second kappa shape index (κ2) is 7.15. The van der Waals surface area contributed by atoms with Gasteiger partial charge in [-0.1, -0.05) is 6.07 Å². The molecule has 1 aromatic heterocycles. The molecule has 0 atom stereocenters. The molecule has 0 aliphatic rings. The lowest BCUT2D eigenvalue weighted by Gasteiger charge is -2.16. The van der Waals surface area contributed by atoms with Crippen molar-refractivity contribution in [3.8, 4) is 5.75 Å². The summed E-state index contributed by atoms with van der Waals surface area (Å²) >= 11 is 4.77. The number of ether oxygens (including phenoxy) is 1. The fourth-order valence-corrected chi connectivity index (χ4v) is 3.51. The van der Waals surface area contributed by atoms with Crippen LogP contribution in [0.15, 0.2) is 34.1 Å². The van der Waals surface area contributed by atoms with Gasteiger partial charge in [0.25, 0.3) is 0 Å². The Balaban J connectivity index is 1.98. The zero-order valence-corrected chi connectivity index (χ0v) is 14.1. The van der Waals surface area contributed by atoms with Gasteiger partial charge in [0, 0.05) is 11.0 Å². The van der Waals surface area contributed by atoms with Crippen LogP contribution in [0, 0.1) is 5.82 Å². The monoisotopic (exact) mass is 371 g/mol. The van der Waals surface area contributed by atoms with Crippen LogP contribution in [0.1, 0.15) is 15.2 Å². The molecular weight excluding hydrogens is 357 g/mol. The standard InChI is InChI=1S/C15H15BrFNO2S/c1-18(9-13(19)15-11(16)5-6-21-15)8-10-3-4-14(20-2)12(17)7-10/h3-7H,8-9H2,1-2H3. The third kappa shape index (κ3) is 4.12. The Labute approximate surface area is 135 Å². The van der Waals surface area contributed by atoms with Crippen LogP contribution in [0.3, 0.4) is 0 Å². The summed E-state index contributed by atoms with van der Waals surface area (Å²) in [6.45, 7) is 0.780. The van der Waals surface area contributed by atoms with Gasteiger partial charge in [0.05, 0.1) is 18.5 Å². The normalized spacial score (nSPS) is 10.9. The Morgan fingerprint density at radius 3 is 2.76 bits per heavy atom. The molecule has 2 aromatic rings. The lowest BCUT2D eigenvalue weighted by Crippen LogP contribution is -2.25. The van der Waals surface area contributed by atoms with E-state index in [1.807, 2.05) is 23.4 Å². The average molecular weight is 372 g/mol. The highest BCUT2D eigenvalue weighted by atomic mass is 79.9. The van der Waals surface area contributed by atoms with E-state index in [2.05, 4.69) is 15.9 Å². The molecule has 6 heteroatoms. The maximum absolute atomic E-state index is 13.6. The summed E-state index contributed by atoms with van der Waals surface area (Å²) in [4.78, 5) is 14.7. The summed E-state index contributed by atoms with van der Waals surface area (Å²) in [6, 6.07) is 6.68. The Morgan fingerprint density at radius 1 is 1.43 bits per heavy atom. The van der Waals surface area contributed by atoms with Gasteiger partial charge in [-0.2, -0.15) is 0 Å². The minimum Gasteiger partial charge on any atom is -0.494 e. The van der Waals surface area contributed by atoms with Crippen molar-refractivity contribution in [1.29, 1.82) is 0 Å². The van der Waals surface area contributed by atoms with Gasteiger partial charge in [-0.05, 0) is 52.1 Å². The summed E-state index contributed by atoms with van der Waals surface area (Å²) in [5.41, 5.74) is 0.800. The molecule has 0 aliphatic carbocycles. The third-order valence-electron chi connectivity index (χ3n) is 2.95. The number of thiophene rings is 1. The van der Waals surface area contributed by atoms with Gasteiger partial charge in [0.15, 0.2) is 17.3 Å². The molecule has 1 aromatic carbocycles. The van der Waals surface area contributed by atoms with Crippen molar-refractivity contribution in [2.24, 2.45) is 0 Å². The molecule has 0 saturated carbocycles. The number of Topliss-reactive ketones (excluding diaryl/α,β-unsaturated/α-hetero) is 1. The number of rotatable bonds is 6. The van der Waals surface area contributed by atoms with Gasteiger partial charge in [-0.15, -0.1) is 11.3 Å². The topological polar surface area (TPSA) is 29.5 Å². The van der Waals surface area contributed by atoms with Crippen molar-refractivity contribution < 1.29 is 13.9 Å². The molecule has 0 spiro atoms. The first-order valence-electron chi connectivity index (χ1n) is 6.28. The predicted molar refractivity (Wildman–Crippen MR) is 85.6 cm³/mol. The quantitative estimate of drug-likeness (QED) is 0.719. The summed E-state index contributed by atoms with van der Waals surface area (Å²) in [6.07, 6.45) is 0. The van der Waals surface area contributed by atoms with E-state index in [-0.39, 0.29) is 18.1 Å². The van der Waals surface area contributed by atoms with Crippen LogP contribution < -0.4 is 4.74 Å². The van der Waals surface area contributed by atoms with Crippen molar-refractivity contribution in [2.45, 2.75) is 6.54 Å². The van der Waals surface area contributed by atoms with Crippen molar-refractivity contribution in [2.75, 3.05) is 20.7 Å².